The molecule has 1 atom stereocenters. The van der Waals surface area contributed by atoms with E-state index in [1.165, 1.54) is 11.3 Å². The van der Waals surface area contributed by atoms with Gasteiger partial charge in [0.05, 0.1) is 38.4 Å². The molecule has 1 unspecified atom stereocenters. The average molecular weight is 390 g/mol. The van der Waals surface area contributed by atoms with E-state index in [-0.39, 0.29) is 11.9 Å². The summed E-state index contributed by atoms with van der Waals surface area (Å²) in [5.74, 6) is -0.100. The fraction of sp³-hybridized carbons (Fsp3) is 0.100. The van der Waals surface area contributed by atoms with Crippen molar-refractivity contribution in [3.63, 3.8) is 0 Å². The summed E-state index contributed by atoms with van der Waals surface area (Å²) in [7, 11) is 0. The maximum Gasteiger partial charge on any atom is 0.284 e. The fourth-order valence-corrected chi connectivity index (χ4v) is 4.54. The van der Waals surface area contributed by atoms with Gasteiger partial charge in [0, 0.05) is 6.42 Å². The van der Waals surface area contributed by atoms with Gasteiger partial charge in [0.15, 0.2) is 0 Å². The van der Waals surface area contributed by atoms with E-state index in [4.69, 9.17) is 4.98 Å². The number of hydrogen-bond acceptors (Lipinski definition) is 6. The fourth-order valence-electron chi connectivity index (χ4n) is 3.16. The monoisotopic (exact) mass is 390 g/mol. The van der Waals surface area contributed by atoms with Crippen molar-refractivity contribution in [1.82, 2.24) is 15.0 Å². The van der Waals surface area contributed by atoms with E-state index in [0.717, 1.165) is 27.3 Å². The van der Waals surface area contributed by atoms with Crippen LogP contribution in [0.5, 0.6) is 0 Å². The van der Waals surface area contributed by atoms with Crippen molar-refractivity contribution in [2.45, 2.75) is 12.5 Å². The second-order valence-electron chi connectivity index (χ2n) is 6.15. The van der Waals surface area contributed by atoms with Gasteiger partial charge in [0.1, 0.15) is 6.04 Å². The Hall–Kier alpha value is -2.90. The maximum atomic E-state index is 13.1. The molecule has 0 radical (unpaired) electrons. The van der Waals surface area contributed by atoms with E-state index in [9.17, 15) is 4.79 Å². The van der Waals surface area contributed by atoms with Gasteiger partial charge < -0.3 is 0 Å². The average Bonchev–Trinajstić information content (AvgIpc) is 3.48. The van der Waals surface area contributed by atoms with E-state index in [2.05, 4.69) is 10.1 Å². The minimum absolute atomic E-state index is 0.100. The van der Waals surface area contributed by atoms with Crippen LogP contribution in [-0.4, -0.2) is 26.6 Å². The minimum Gasteiger partial charge on any atom is -0.266 e. The molecular weight excluding hydrogens is 376 g/mol. The van der Waals surface area contributed by atoms with Gasteiger partial charge in [0.25, 0.3) is 5.91 Å². The van der Waals surface area contributed by atoms with Crippen LogP contribution in [0.1, 0.15) is 32.7 Å². The van der Waals surface area contributed by atoms with Crippen LogP contribution < -0.4 is 0 Å². The van der Waals surface area contributed by atoms with E-state index >= 15 is 0 Å². The van der Waals surface area contributed by atoms with Crippen molar-refractivity contribution >= 4 is 45.3 Å². The summed E-state index contributed by atoms with van der Waals surface area (Å²) in [6, 6.07) is 15.2. The normalized spacial score (nSPS) is 16.7. The lowest BCUT2D eigenvalue weighted by atomic mass is 10.1. The van der Waals surface area contributed by atoms with Gasteiger partial charge in [-0.05, 0) is 35.0 Å². The molecule has 27 heavy (non-hydrogen) atoms. The third kappa shape index (κ3) is 2.94. The largest absolute Gasteiger partial charge is 0.284 e. The van der Waals surface area contributed by atoms with E-state index in [0.29, 0.717) is 11.3 Å². The van der Waals surface area contributed by atoms with Crippen LogP contribution >= 0.6 is 22.7 Å². The molecule has 1 aromatic carbocycles. The molecule has 4 aromatic rings. The molecule has 0 bridgehead atoms. The molecule has 5 rings (SSSR count). The zero-order valence-corrected chi connectivity index (χ0v) is 15.8. The number of thiophene rings is 2. The number of nitrogens with zero attached hydrogens (tertiary/aromatic N) is 4. The van der Waals surface area contributed by atoms with Gasteiger partial charge >= 0.3 is 0 Å². The first-order valence-electron chi connectivity index (χ1n) is 8.50. The predicted octanol–water partition coefficient (Wildman–Crippen LogP) is 4.74. The number of para-hydroxylation sites is 2. The number of carbonyl (C=O) groups is 1. The molecule has 4 heterocycles. The summed E-state index contributed by atoms with van der Waals surface area (Å²) in [6.45, 7) is 0. The van der Waals surface area contributed by atoms with Crippen molar-refractivity contribution in [3.05, 3.63) is 80.9 Å². The number of aromatic nitrogens is 2. The van der Waals surface area contributed by atoms with Crippen LogP contribution in [0.25, 0.3) is 11.0 Å². The molecule has 1 amide bonds. The summed E-state index contributed by atoms with van der Waals surface area (Å²) in [5, 5.41) is 10.2. The summed E-state index contributed by atoms with van der Waals surface area (Å²) in [5.41, 5.74) is 3.33. The quantitative estimate of drug-likeness (QED) is 0.507. The molecule has 0 aliphatic carbocycles. The Bertz CT molecular complexity index is 1140. The van der Waals surface area contributed by atoms with Gasteiger partial charge in [-0.1, -0.05) is 24.3 Å². The number of carbonyl (C=O) groups excluding carboxylic acids is 1. The van der Waals surface area contributed by atoms with Gasteiger partial charge in [0.2, 0.25) is 0 Å². The molecule has 0 N–H and O–H groups in total. The summed E-state index contributed by atoms with van der Waals surface area (Å²) < 4.78 is 0. The zero-order valence-electron chi connectivity index (χ0n) is 14.1. The molecule has 7 heteroatoms. The maximum absolute atomic E-state index is 13.1. The van der Waals surface area contributed by atoms with Crippen LogP contribution in [0.15, 0.2) is 70.6 Å². The number of hydrazone groups is 1. The second kappa shape index (κ2) is 6.68. The molecule has 0 saturated heterocycles. The molecule has 1 aliphatic rings. The summed E-state index contributed by atoms with van der Waals surface area (Å²) in [4.78, 5) is 24.1. The first kappa shape index (κ1) is 16.3. The Morgan fingerprint density at radius 3 is 2.59 bits per heavy atom. The molecule has 5 nitrogen and oxygen atoms in total. The van der Waals surface area contributed by atoms with Crippen LogP contribution in [0, 0.1) is 0 Å². The van der Waals surface area contributed by atoms with Gasteiger partial charge in [-0.25, -0.2) is 9.99 Å². The van der Waals surface area contributed by atoms with Crippen molar-refractivity contribution in [2.24, 2.45) is 5.10 Å². The third-order valence-corrected chi connectivity index (χ3v) is 6.24. The first-order chi connectivity index (χ1) is 13.3. The Kier molecular flexibility index (Phi) is 4.03. The Morgan fingerprint density at radius 1 is 1.00 bits per heavy atom. The number of rotatable bonds is 3. The highest BCUT2D eigenvalue weighted by molar-refractivity contribution is 7.12. The number of amides is 1. The first-order valence-corrected chi connectivity index (χ1v) is 10.3. The second-order valence-corrected chi connectivity index (χ2v) is 8.05. The summed E-state index contributed by atoms with van der Waals surface area (Å²) >= 11 is 3.05. The lowest BCUT2D eigenvalue weighted by Gasteiger charge is -2.20. The lowest BCUT2D eigenvalue weighted by Crippen LogP contribution is -2.27. The highest BCUT2D eigenvalue weighted by Gasteiger charge is 2.35. The SMILES string of the molecule is O=C(c1cccs1)N1N=C(c2cccs2)CC1c1cnc2ccccc2n1. The lowest BCUT2D eigenvalue weighted by molar-refractivity contribution is 0.0713. The number of benzene rings is 1. The van der Waals surface area contributed by atoms with Crippen molar-refractivity contribution in [2.75, 3.05) is 0 Å². The zero-order chi connectivity index (χ0) is 18.2. The highest BCUT2D eigenvalue weighted by atomic mass is 32.1. The standard InChI is InChI=1S/C20H14N4OS2/c25-20(19-8-4-10-27-19)24-17(11-15(23-24)18-7-3-9-26-18)16-12-21-13-5-1-2-6-14(13)22-16/h1-10,12,17H,11H2. The molecule has 0 fully saturated rings. The molecule has 1 aliphatic heterocycles. The molecule has 0 spiro atoms. The van der Waals surface area contributed by atoms with Crippen LogP contribution in [0.3, 0.4) is 0 Å². The molecule has 3 aromatic heterocycles. The van der Waals surface area contributed by atoms with Crippen LogP contribution in [-0.2, 0) is 0 Å². The van der Waals surface area contributed by atoms with E-state index in [1.807, 2.05) is 59.3 Å². The van der Waals surface area contributed by atoms with Crippen molar-refractivity contribution in [3.8, 4) is 0 Å². The number of fused-ring (bicyclic) bond motifs is 1. The smallest absolute Gasteiger partial charge is 0.266 e. The highest BCUT2D eigenvalue weighted by Crippen LogP contribution is 2.34. The molecule has 132 valence electrons. The van der Waals surface area contributed by atoms with Crippen LogP contribution in [0.2, 0.25) is 0 Å². The Balaban J connectivity index is 1.57. The molecular formula is C20H14N4OS2. The topological polar surface area (TPSA) is 58.5 Å². The van der Waals surface area contributed by atoms with Gasteiger partial charge in [-0.2, -0.15) is 5.10 Å². The van der Waals surface area contributed by atoms with Crippen molar-refractivity contribution in [1.29, 1.82) is 0 Å². The van der Waals surface area contributed by atoms with Crippen molar-refractivity contribution < 1.29 is 4.79 Å². The summed E-state index contributed by atoms with van der Waals surface area (Å²) in [6.07, 6.45) is 2.39. The molecule has 0 saturated carbocycles. The van der Waals surface area contributed by atoms with Gasteiger partial charge in [-0.3, -0.25) is 9.78 Å². The Labute approximate surface area is 163 Å². The Morgan fingerprint density at radius 2 is 1.81 bits per heavy atom. The van der Waals surface area contributed by atoms with Crippen LogP contribution in [0.4, 0.5) is 0 Å². The van der Waals surface area contributed by atoms with Gasteiger partial charge in [-0.15, -0.1) is 22.7 Å². The van der Waals surface area contributed by atoms with E-state index < -0.39 is 0 Å². The predicted molar refractivity (Wildman–Crippen MR) is 108 cm³/mol. The van der Waals surface area contributed by atoms with E-state index in [1.54, 1.807) is 22.5 Å². The minimum atomic E-state index is -0.256. The third-order valence-electron chi connectivity index (χ3n) is 4.46. The number of hydrogen-bond donors (Lipinski definition) is 0.